The lowest BCUT2D eigenvalue weighted by Gasteiger charge is -1.96. The van der Waals surface area contributed by atoms with Gasteiger partial charge >= 0.3 is 5.97 Å². The Labute approximate surface area is 106 Å². The van der Waals surface area contributed by atoms with Crippen molar-refractivity contribution in [3.63, 3.8) is 0 Å². The van der Waals surface area contributed by atoms with Gasteiger partial charge in [0.2, 0.25) is 0 Å². The van der Waals surface area contributed by atoms with Gasteiger partial charge in [-0.15, -0.1) is 22.7 Å². The van der Waals surface area contributed by atoms with Crippen LogP contribution in [0, 0.1) is 0 Å². The Balaban J connectivity index is 2.02. The van der Waals surface area contributed by atoms with Crippen LogP contribution in [0.2, 0.25) is 0 Å². The summed E-state index contributed by atoms with van der Waals surface area (Å²) in [6.07, 6.45) is 2.42. The van der Waals surface area contributed by atoms with Gasteiger partial charge in [0.1, 0.15) is 4.88 Å². The molecule has 2 aromatic heterocycles. The number of aromatic carboxylic acids is 1. The fraction of sp³-hybridized carbons (Fsp3) is 0.167. The van der Waals surface area contributed by atoms with Crippen LogP contribution < -0.4 is 0 Å². The summed E-state index contributed by atoms with van der Waals surface area (Å²) in [5.74, 6) is -0.883. The predicted molar refractivity (Wildman–Crippen MR) is 68.4 cm³/mol. The lowest BCUT2D eigenvalue weighted by atomic mass is 10.2. The highest BCUT2D eigenvalue weighted by molar-refractivity contribution is 7.14. The third-order valence-electron chi connectivity index (χ3n) is 2.38. The quantitative estimate of drug-likeness (QED) is 0.846. The van der Waals surface area contributed by atoms with Crippen molar-refractivity contribution in [2.75, 3.05) is 0 Å². The van der Waals surface area contributed by atoms with E-state index in [1.807, 2.05) is 17.5 Å². The smallest absolute Gasteiger partial charge is 0.345 e. The standard InChI is InChI=1S/C12H10O3S2/c13-7-8-5-6-16-10(8)3-1-9-2-4-11(17-9)12(14)15/h2,4-7H,1,3H2,(H,14,15). The van der Waals surface area contributed by atoms with Crippen LogP contribution >= 0.6 is 22.7 Å². The summed E-state index contributed by atoms with van der Waals surface area (Å²) in [6.45, 7) is 0. The van der Waals surface area contributed by atoms with Crippen LogP contribution in [0.5, 0.6) is 0 Å². The minimum atomic E-state index is -0.883. The van der Waals surface area contributed by atoms with Crippen LogP contribution in [0.25, 0.3) is 0 Å². The molecule has 1 N–H and O–H groups in total. The molecule has 5 heteroatoms. The number of carbonyl (C=O) groups is 2. The molecule has 0 unspecified atom stereocenters. The number of hydrogen-bond donors (Lipinski definition) is 1. The number of carbonyl (C=O) groups excluding carboxylic acids is 1. The molecule has 0 aromatic carbocycles. The Morgan fingerprint density at radius 1 is 1.29 bits per heavy atom. The SMILES string of the molecule is O=Cc1ccsc1CCc1ccc(C(=O)O)s1. The lowest BCUT2D eigenvalue weighted by molar-refractivity contribution is 0.0702. The Kier molecular flexibility index (Phi) is 3.71. The first-order valence-corrected chi connectivity index (χ1v) is 6.74. The minimum Gasteiger partial charge on any atom is -0.477 e. The van der Waals surface area contributed by atoms with Crippen molar-refractivity contribution in [3.8, 4) is 0 Å². The molecule has 2 aromatic rings. The van der Waals surface area contributed by atoms with Crippen LogP contribution in [0.15, 0.2) is 23.6 Å². The molecular weight excluding hydrogens is 256 g/mol. The third-order valence-corrected chi connectivity index (χ3v) is 4.51. The second-order valence-corrected chi connectivity index (χ2v) is 5.66. The van der Waals surface area contributed by atoms with E-state index in [4.69, 9.17) is 5.11 Å². The zero-order valence-corrected chi connectivity index (χ0v) is 10.5. The second kappa shape index (κ2) is 5.25. The van der Waals surface area contributed by atoms with Gasteiger partial charge in [0.05, 0.1) is 0 Å². The van der Waals surface area contributed by atoms with Crippen molar-refractivity contribution < 1.29 is 14.7 Å². The number of carboxylic acid groups (broad SMARTS) is 1. The normalized spacial score (nSPS) is 10.4. The molecule has 2 heterocycles. The second-order valence-electron chi connectivity index (χ2n) is 3.49. The fourth-order valence-corrected chi connectivity index (χ4v) is 3.22. The maximum Gasteiger partial charge on any atom is 0.345 e. The van der Waals surface area contributed by atoms with Crippen LogP contribution in [0.4, 0.5) is 0 Å². The van der Waals surface area contributed by atoms with Crippen LogP contribution in [0.3, 0.4) is 0 Å². The Bertz CT molecular complexity index is 539. The van der Waals surface area contributed by atoms with Gasteiger partial charge in [-0.1, -0.05) is 0 Å². The summed E-state index contributed by atoms with van der Waals surface area (Å²) in [5, 5.41) is 10.7. The van der Waals surface area contributed by atoms with Gasteiger partial charge in [-0.2, -0.15) is 0 Å². The van der Waals surface area contributed by atoms with E-state index in [0.717, 1.165) is 34.4 Å². The number of thiophene rings is 2. The summed E-state index contributed by atoms with van der Waals surface area (Å²) < 4.78 is 0. The highest BCUT2D eigenvalue weighted by Gasteiger charge is 2.08. The molecule has 3 nitrogen and oxygen atoms in total. The van der Waals surface area contributed by atoms with Crippen molar-refractivity contribution in [2.45, 2.75) is 12.8 Å². The van der Waals surface area contributed by atoms with E-state index in [1.54, 1.807) is 17.4 Å². The van der Waals surface area contributed by atoms with Crippen molar-refractivity contribution in [1.29, 1.82) is 0 Å². The van der Waals surface area contributed by atoms with Crippen molar-refractivity contribution in [1.82, 2.24) is 0 Å². The summed E-state index contributed by atoms with van der Waals surface area (Å²) in [5.41, 5.74) is 0.741. The monoisotopic (exact) mass is 266 g/mol. The highest BCUT2D eigenvalue weighted by Crippen LogP contribution is 2.21. The van der Waals surface area contributed by atoms with Gasteiger partial charge in [0, 0.05) is 15.3 Å². The van der Waals surface area contributed by atoms with Gasteiger partial charge in [0.25, 0.3) is 0 Å². The summed E-state index contributed by atoms with van der Waals surface area (Å²) in [4.78, 5) is 23.9. The Morgan fingerprint density at radius 2 is 2.12 bits per heavy atom. The molecule has 0 bridgehead atoms. The largest absolute Gasteiger partial charge is 0.477 e. The summed E-state index contributed by atoms with van der Waals surface area (Å²) >= 11 is 2.86. The molecule has 2 rings (SSSR count). The lowest BCUT2D eigenvalue weighted by Crippen LogP contribution is -1.91. The van der Waals surface area contributed by atoms with E-state index >= 15 is 0 Å². The number of aryl methyl sites for hydroxylation is 2. The number of carboxylic acids is 1. The third kappa shape index (κ3) is 2.81. The molecule has 17 heavy (non-hydrogen) atoms. The first kappa shape index (κ1) is 12.0. The van der Waals surface area contributed by atoms with Crippen LogP contribution in [-0.4, -0.2) is 17.4 Å². The summed E-state index contributed by atoms with van der Waals surface area (Å²) in [6, 6.07) is 5.27. The van der Waals surface area contributed by atoms with Gasteiger partial charge in [0.15, 0.2) is 6.29 Å². The maximum absolute atomic E-state index is 10.7. The van der Waals surface area contributed by atoms with E-state index < -0.39 is 5.97 Å². The topological polar surface area (TPSA) is 54.4 Å². The number of rotatable bonds is 5. The molecule has 0 atom stereocenters. The molecule has 0 radical (unpaired) electrons. The van der Waals surface area contributed by atoms with Crippen LogP contribution in [-0.2, 0) is 12.8 Å². The van der Waals surface area contributed by atoms with Crippen molar-refractivity contribution in [2.24, 2.45) is 0 Å². The van der Waals surface area contributed by atoms with Crippen molar-refractivity contribution >= 4 is 34.9 Å². The van der Waals surface area contributed by atoms with E-state index in [1.165, 1.54) is 11.3 Å². The molecule has 88 valence electrons. The highest BCUT2D eigenvalue weighted by atomic mass is 32.1. The zero-order valence-electron chi connectivity index (χ0n) is 8.88. The van der Waals surface area contributed by atoms with E-state index in [0.29, 0.717) is 4.88 Å². The average Bonchev–Trinajstić information content (AvgIpc) is 2.95. The Morgan fingerprint density at radius 3 is 2.76 bits per heavy atom. The zero-order chi connectivity index (χ0) is 12.3. The van der Waals surface area contributed by atoms with Gasteiger partial charge in [-0.05, 0) is 36.4 Å². The van der Waals surface area contributed by atoms with Crippen molar-refractivity contribution in [3.05, 3.63) is 43.8 Å². The van der Waals surface area contributed by atoms with E-state index in [9.17, 15) is 9.59 Å². The first-order chi connectivity index (χ1) is 8.20. The molecule has 0 spiro atoms. The van der Waals surface area contributed by atoms with E-state index in [2.05, 4.69) is 0 Å². The minimum absolute atomic E-state index is 0.363. The molecule has 0 aliphatic rings. The molecule has 0 aliphatic carbocycles. The molecule has 0 amide bonds. The van der Waals surface area contributed by atoms with Crippen LogP contribution in [0.1, 0.15) is 29.8 Å². The Hall–Kier alpha value is -1.46. The molecular formula is C12H10O3S2. The fourth-order valence-electron chi connectivity index (χ4n) is 1.52. The predicted octanol–water partition coefficient (Wildman–Crippen LogP) is 3.11. The molecule has 0 fully saturated rings. The first-order valence-electron chi connectivity index (χ1n) is 5.04. The van der Waals surface area contributed by atoms with Gasteiger partial charge in [-0.25, -0.2) is 4.79 Å². The average molecular weight is 266 g/mol. The van der Waals surface area contributed by atoms with Gasteiger partial charge in [-0.3, -0.25) is 4.79 Å². The molecule has 0 aliphatic heterocycles. The number of aldehydes is 1. The molecule has 0 saturated heterocycles. The van der Waals surface area contributed by atoms with E-state index in [-0.39, 0.29) is 0 Å². The maximum atomic E-state index is 10.7. The van der Waals surface area contributed by atoms with Gasteiger partial charge < -0.3 is 5.11 Å². The molecule has 0 saturated carbocycles. The summed E-state index contributed by atoms with van der Waals surface area (Å²) in [7, 11) is 0. The number of hydrogen-bond acceptors (Lipinski definition) is 4.